The maximum absolute atomic E-state index is 12.7. The minimum atomic E-state index is -0.806. The molecule has 0 spiro atoms. The van der Waals surface area contributed by atoms with Gasteiger partial charge in [0, 0.05) is 5.56 Å². The maximum Gasteiger partial charge on any atom is 0.249 e. The lowest BCUT2D eigenvalue weighted by Gasteiger charge is -2.22. The Labute approximate surface area is 154 Å². The van der Waals surface area contributed by atoms with Gasteiger partial charge in [0.05, 0.1) is 17.1 Å². The lowest BCUT2D eigenvalue weighted by Crippen LogP contribution is -2.36. The predicted octanol–water partition coefficient (Wildman–Crippen LogP) is 3.12. The molecule has 0 saturated carbocycles. The highest BCUT2D eigenvalue weighted by Crippen LogP contribution is 2.28. The molecule has 2 N–H and O–H groups in total. The van der Waals surface area contributed by atoms with E-state index in [0.717, 1.165) is 5.56 Å². The number of carbonyl (C=O) groups excluding carboxylic acids is 2. The highest BCUT2D eigenvalue weighted by Gasteiger charge is 2.33. The van der Waals surface area contributed by atoms with Crippen molar-refractivity contribution in [2.24, 2.45) is 0 Å². The van der Waals surface area contributed by atoms with Gasteiger partial charge in [-0.05, 0) is 12.1 Å². The van der Waals surface area contributed by atoms with E-state index in [-0.39, 0.29) is 24.2 Å². The molecule has 8 heteroatoms. The second-order valence-corrected chi connectivity index (χ2v) is 6.21. The highest BCUT2D eigenvalue weighted by atomic mass is 35.5. The summed E-state index contributed by atoms with van der Waals surface area (Å²) in [4.78, 5) is 29.1. The van der Waals surface area contributed by atoms with Gasteiger partial charge in [0.1, 0.15) is 6.04 Å². The van der Waals surface area contributed by atoms with Gasteiger partial charge in [0.25, 0.3) is 0 Å². The van der Waals surface area contributed by atoms with Gasteiger partial charge >= 0.3 is 0 Å². The summed E-state index contributed by atoms with van der Waals surface area (Å²) in [6.07, 6.45) is -0.0269. The Bertz CT molecular complexity index is 986. The number of carbonyl (C=O) groups is 2. The van der Waals surface area contributed by atoms with Crippen molar-refractivity contribution in [3.05, 3.63) is 59.6 Å². The number of amides is 2. The summed E-state index contributed by atoms with van der Waals surface area (Å²) in [7, 11) is 0. The van der Waals surface area contributed by atoms with Crippen LogP contribution in [-0.2, 0) is 9.59 Å². The number of benzene rings is 2. The topological polar surface area (TPSA) is 88.9 Å². The molecule has 1 unspecified atom stereocenters. The molecular formula is C18H14ClN5O2. The lowest BCUT2D eigenvalue weighted by molar-refractivity contribution is -0.125. The van der Waals surface area contributed by atoms with Crippen LogP contribution in [0.3, 0.4) is 0 Å². The van der Waals surface area contributed by atoms with Crippen molar-refractivity contribution >= 4 is 35.1 Å². The van der Waals surface area contributed by atoms with Crippen LogP contribution in [0, 0.1) is 0 Å². The van der Waals surface area contributed by atoms with Gasteiger partial charge < -0.3 is 5.32 Å². The molecule has 1 aliphatic rings. The van der Waals surface area contributed by atoms with Crippen molar-refractivity contribution in [1.82, 2.24) is 14.8 Å². The van der Waals surface area contributed by atoms with E-state index in [1.165, 1.54) is 4.68 Å². The first-order valence-electron chi connectivity index (χ1n) is 7.99. The van der Waals surface area contributed by atoms with E-state index in [1.807, 2.05) is 30.3 Å². The fourth-order valence-electron chi connectivity index (χ4n) is 2.76. The van der Waals surface area contributed by atoms with Crippen molar-refractivity contribution in [1.29, 1.82) is 0 Å². The molecule has 1 aliphatic heterocycles. The van der Waals surface area contributed by atoms with Crippen LogP contribution >= 0.6 is 11.6 Å². The van der Waals surface area contributed by atoms with Crippen LogP contribution in [0.25, 0.3) is 11.4 Å². The Morgan fingerprint density at radius 1 is 1.15 bits per heavy atom. The van der Waals surface area contributed by atoms with E-state index >= 15 is 0 Å². The van der Waals surface area contributed by atoms with Crippen LogP contribution in [0.5, 0.6) is 0 Å². The summed E-state index contributed by atoms with van der Waals surface area (Å²) >= 11 is 6.09. The van der Waals surface area contributed by atoms with E-state index in [9.17, 15) is 9.59 Å². The average molecular weight is 368 g/mol. The Kier molecular flexibility index (Phi) is 4.14. The van der Waals surface area contributed by atoms with Crippen LogP contribution in [0.2, 0.25) is 5.02 Å². The zero-order chi connectivity index (χ0) is 18.1. The Hall–Kier alpha value is -3.19. The molecule has 130 valence electrons. The van der Waals surface area contributed by atoms with Crippen molar-refractivity contribution < 1.29 is 9.59 Å². The van der Waals surface area contributed by atoms with E-state index in [4.69, 9.17) is 11.6 Å². The molecule has 2 amide bonds. The number of hydrogen-bond donors (Lipinski definition) is 2. The van der Waals surface area contributed by atoms with Crippen LogP contribution < -0.4 is 10.6 Å². The third-order valence-electron chi connectivity index (χ3n) is 4.02. The SMILES string of the molecule is O=C1CC(C(=O)Nc2ccccc2Cl)n2nc(-c3ccccc3)nc2N1. The molecule has 0 bridgehead atoms. The van der Waals surface area contributed by atoms with E-state index in [2.05, 4.69) is 20.7 Å². The van der Waals surface area contributed by atoms with Gasteiger partial charge in [0.15, 0.2) is 5.82 Å². The van der Waals surface area contributed by atoms with Crippen molar-refractivity contribution in [2.75, 3.05) is 10.6 Å². The van der Waals surface area contributed by atoms with Crippen LogP contribution in [0.1, 0.15) is 12.5 Å². The third kappa shape index (κ3) is 3.04. The van der Waals surface area contributed by atoms with Crippen LogP contribution in [-0.4, -0.2) is 26.6 Å². The number of anilines is 2. The first-order chi connectivity index (χ1) is 12.6. The van der Waals surface area contributed by atoms with Gasteiger partial charge in [-0.2, -0.15) is 4.98 Å². The fraction of sp³-hybridized carbons (Fsp3) is 0.111. The van der Waals surface area contributed by atoms with Gasteiger partial charge in [0.2, 0.25) is 17.8 Å². The molecule has 2 heterocycles. The fourth-order valence-corrected chi connectivity index (χ4v) is 2.94. The van der Waals surface area contributed by atoms with E-state index in [1.54, 1.807) is 24.3 Å². The van der Waals surface area contributed by atoms with Gasteiger partial charge in [-0.15, -0.1) is 5.10 Å². The number of nitrogens with zero attached hydrogens (tertiary/aromatic N) is 3. The molecule has 1 atom stereocenters. The molecule has 7 nitrogen and oxygen atoms in total. The molecule has 3 aromatic rings. The molecule has 1 aromatic heterocycles. The van der Waals surface area contributed by atoms with Gasteiger partial charge in [-0.1, -0.05) is 54.1 Å². The molecule has 26 heavy (non-hydrogen) atoms. The van der Waals surface area contributed by atoms with E-state index < -0.39 is 6.04 Å². The largest absolute Gasteiger partial charge is 0.323 e. The zero-order valence-corrected chi connectivity index (χ0v) is 14.3. The summed E-state index contributed by atoms with van der Waals surface area (Å²) in [6, 6.07) is 15.5. The van der Waals surface area contributed by atoms with Crippen molar-refractivity contribution in [3.63, 3.8) is 0 Å². The first kappa shape index (κ1) is 16.3. The third-order valence-corrected chi connectivity index (χ3v) is 4.35. The molecule has 4 rings (SSSR count). The Morgan fingerprint density at radius 3 is 2.65 bits per heavy atom. The minimum Gasteiger partial charge on any atom is -0.323 e. The number of para-hydroxylation sites is 1. The summed E-state index contributed by atoms with van der Waals surface area (Å²) in [5.74, 6) is 0.0280. The second kappa shape index (κ2) is 6.61. The minimum absolute atomic E-state index is 0.0269. The first-order valence-corrected chi connectivity index (χ1v) is 8.37. The lowest BCUT2D eigenvalue weighted by atomic mass is 10.1. The van der Waals surface area contributed by atoms with Crippen LogP contribution in [0.15, 0.2) is 54.6 Å². The number of aromatic nitrogens is 3. The number of nitrogens with one attached hydrogen (secondary N) is 2. The molecule has 2 aromatic carbocycles. The normalized spacial score (nSPS) is 15.9. The quantitative estimate of drug-likeness (QED) is 0.744. The standard InChI is InChI=1S/C18H14ClN5O2/c19-12-8-4-5-9-13(12)20-17(26)14-10-15(25)21-18-22-16(23-24(14)18)11-6-2-1-3-7-11/h1-9,14H,10H2,(H,20,26)(H,21,22,23,25). The molecule has 0 fully saturated rings. The number of fused-ring (bicyclic) bond motifs is 1. The predicted molar refractivity (Wildman–Crippen MR) is 97.8 cm³/mol. The average Bonchev–Trinajstić information content (AvgIpc) is 3.07. The van der Waals surface area contributed by atoms with E-state index in [0.29, 0.717) is 16.5 Å². The monoisotopic (exact) mass is 367 g/mol. The Balaban J connectivity index is 1.66. The smallest absolute Gasteiger partial charge is 0.249 e. The highest BCUT2D eigenvalue weighted by molar-refractivity contribution is 6.33. The summed E-state index contributed by atoms with van der Waals surface area (Å²) < 4.78 is 1.44. The molecule has 0 radical (unpaired) electrons. The Morgan fingerprint density at radius 2 is 1.88 bits per heavy atom. The summed E-state index contributed by atoms with van der Waals surface area (Å²) in [6.45, 7) is 0. The van der Waals surface area contributed by atoms with Gasteiger partial charge in [-0.3, -0.25) is 14.9 Å². The maximum atomic E-state index is 12.7. The zero-order valence-electron chi connectivity index (χ0n) is 13.5. The molecule has 0 saturated heterocycles. The second-order valence-electron chi connectivity index (χ2n) is 5.81. The van der Waals surface area contributed by atoms with Crippen LogP contribution in [0.4, 0.5) is 11.6 Å². The van der Waals surface area contributed by atoms with Gasteiger partial charge in [-0.25, -0.2) is 4.68 Å². The number of rotatable bonds is 3. The van der Waals surface area contributed by atoms with Crippen molar-refractivity contribution in [3.8, 4) is 11.4 Å². The number of hydrogen-bond acceptors (Lipinski definition) is 4. The summed E-state index contributed by atoms with van der Waals surface area (Å²) in [5, 5.41) is 10.2. The van der Waals surface area contributed by atoms with Crippen molar-refractivity contribution in [2.45, 2.75) is 12.5 Å². The molecule has 0 aliphatic carbocycles. The number of halogens is 1. The molecular weight excluding hydrogens is 354 g/mol. The summed E-state index contributed by atoms with van der Waals surface area (Å²) in [5.41, 5.74) is 1.28.